The second kappa shape index (κ2) is 4.64. The summed E-state index contributed by atoms with van der Waals surface area (Å²) in [6.07, 6.45) is -3.74. The lowest BCUT2D eigenvalue weighted by Crippen LogP contribution is -2.17. The number of aromatic nitrogens is 4. The van der Waals surface area contributed by atoms with Crippen LogP contribution >= 0.6 is 11.3 Å². The van der Waals surface area contributed by atoms with Gasteiger partial charge in [0.1, 0.15) is 0 Å². The predicted molar refractivity (Wildman–Crippen MR) is 74.0 cm³/mol. The van der Waals surface area contributed by atoms with Crippen LogP contribution in [0.5, 0.6) is 0 Å². The van der Waals surface area contributed by atoms with Crippen LogP contribution in [0.4, 0.5) is 13.2 Å². The number of tetrazole rings is 1. The van der Waals surface area contributed by atoms with Gasteiger partial charge in [-0.05, 0) is 39.6 Å². The summed E-state index contributed by atoms with van der Waals surface area (Å²) in [5.41, 5.74) is 1.11. The molecule has 0 amide bonds. The highest BCUT2D eigenvalue weighted by Gasteiger charge is 2.32. The minimum absolute atomic E-state index is 0.0178. The molecule has 0 bridgehead atoms. The molecule has 0 spiro atoms. The van der Waals surface area contributed by atoms with Gasteiger partial charge in [-0.2, -0.15) is 17.9 Å². The fraction of sp³-hybridized carbons (Fsp3) is 0.214. The molecule has 3 aromatic rings. The molecule has 1 aliphatic heterocycles. The first-order chi connectivity index (χ1) is 10.5. The van der Waals surface area contributed by atoms with E-state index in [4.69, 9.17) is 0 Å². The number of hydrogen-bond acceptors (Lipinski definition) is 4. The number of rotatable bonds is 1. The second-order valence-electron chi connectivity index (χ2n) is 5.05. The molecule has 112 valence electrons. The van der Waals surface area contributed by atoms with Gasteiger partial charge in [-0.25, -0.2) is 0 Å². The number of alkyl halides is 3. The Bertz CT molecular complexity index is 819. The van der Waals surface area contributed by atoms with Gasteiger partial charge in [-0.3, -0.25) is 0 Å². The van der Waals surface area contributed by atoms with Crippen molar-refractivity contribution in [1.82, 2.24) is 20.2 Å². The van der Waals surface area contributed by atoms with Gasteiger partial charge in [-0.15, -0.1) is 16.4 Å². The monoisotopic (exact) mass is 322 g/mol. The average molecular weight is 322 g/mol. The molecule has 1 unspecified atom stereocenters. The van der Waals surface area contributed by atoms with Crippen LogP contribution in [0.25, 0.3) is 5.69 Å². The Morgan fingerprint density at radius 3 is 2.64 bits per heavy atom. The van der Waals surface area contributed by atoms with Crippen molar-refractivity contribution < 1.29 is 13.2 Å². The Morgan fingerprint density at radius 2 is 1.91 bits per heavy atom. The average Bonchev–Trinajstić information content (AvgIpc) is 3.13. The maximum atomic E-state index is 12.7. The van der Waals surface area contributed by atoms with E-state index in [0.717, 1.165) is 34.1 Å². The lowest BCUT2D eigenvalue weighted by molar-refractivity contribution is -0.137. The lowest BCUT2D eigenvalue weighted by Gasteiger charge is -2.22. The van der Waals surface area contributed by atoms with E-state index in [1.165, 1.54) is 12.1 Å². The van der Waals surface area contributed by atoms with Crippen molar-refractivity contribution in [3.63, 3.8) is 0 Å². The Labute approximate surface area is 127 Å². The molecule has 1 aromatic carbocycles. The van der Waals surface area contributed by atoms with Gasteiger partial charge in [0.25, 0.3) is 0 Å². The van der Waals surface area contributed by atoms with Gasteiger partial charge < -0.3 is 0 Å². The molecule has 0 saturated heterocycles. The van der Waals surface area contributed by atoms with E-state index in [0.29, 0.717) is 6.42 Å². The highest BCUT2D eigenvalue weighted by atomic mass is 32.1. The van der Waals surface area contributed by atoms with E-state index in [1.807, 2.05) is 11.4 Å². The lowest BCUT2D eigenvalue weighted by atomic mass is 9.90. The largest absolute Gasteiger partial charge is 0.416 e. The van der Waals surface area contributed by atoms with E-state index < -0.39 is 11.7 Å². The third-order valence-corrected chi connectivity index (χ3v) is 4.80. The number of thiophene rings is 1. The Hall–Kier alpha value is -2.22. The highest BCUT2D eigenvalue weighted by Crippen LogP contribution is 2.40. The molecule has 0 N–H and O–H groups in total. The van der Waals surface area contributed by atoms with Gasteiger partial charge in [0, 0.05) is 17.2 Å². The summed E-state index contributed by atoms with van der Waals surface area (Å²) >= 11 is 1.57. The van der Waals surface area contributed by atoms with Gasteiger partial charge >= 0.3 is 6.18 Å². The van der Waals surface area contributed by atoms with Crippen molar-refractivity contribution in [3.05, 3.63) is 57.5 Å². The number of fused-ring (bicyclic) bond motifs is 3. The third kappa shape index (κ3) is 2.02. The zero-order chi connectivity index (χ0) is 15.3. The van der Waals surface area contributed by atoms with Crippen LogP contribution in [-0.2, 0) is 12.6 Å². The summed E-state index contributed by atoms with van der Waals surface area (Å²) in [4.78, 5) is 1.07. The molecular weight excluding hydrogens is 313 g/mol. The maximum absolute atomic E-state index is 12.7. The fourth-order valence-electron chi connectivity index (χ4n) is 2.72. The number of hydrogen-bond donors (Lipinski definition) is 0. The van der Waals surface area contributed by atoms with Crippen LogP contribution in [0.3, 0.4) is 0 Å². The molecule has 4 rings (SSSR count). The topological polar surface area (TPSA) is 43.6 Å². The molecule has 2 aromatic heterocycles. The first-order valence-corrected chi connectivity index (χ1v) is 7.44. The van der Waals surface area contributed by atoms with Crippen molar-refractivity contribution in [2.75, 3.05) is 0 Å². The predicted octanol–water partition coefficient (Wildman–Crippen LogP) is 3.43. The van der Waals surface area contributed by atoms with E-state index >= 15 is 0 Å². The first kappa shape index (κ1) is 13.4. The van der Waals surface area contributed by atoms with Gasteiger partial charge in [0.2, 0.25) is 0 Å². The number of halogens is 3. The molecule has 0 fully saturated rings. The quantitative estimate of drug-likeness (QED) is 0.689. The minimum Gasteiger partial charge on any atom is -0.196 e. The highest BCUT2D eigenvalue weighted by molar-refractivity contribution is 7.10. The second-order valence-corrected chi connectivity index (χ2v) is 6.00. The fourth-order valence-corrected chi connectivity index (χ4v) is 3.72. The van der Waals surface area contributed by atoms with Gasteiger partial charge in [0.05, 0.1) is 11.3 Å². The van der Waals surface area contributed by atoms with Gasteiger partial charge in [0.15, 0.2) is 5.82 Å². The molecule has 0 aliphatic carbocycles. The van der Waals surface area contributed by atoms with Crippen LogP contribution in [0, 0.1) is 0 Å². The molecular formula is C14H9F3N4S. The number of nitrogens with zero attached hydrogens (tertiary/aromatic N) is 4. The van der Waals surface area contributed by atoms with Crippen molar-refractivity contribution >= 4 is 11.3 Å². The normalized spacial score (nSPS) is 17.1. The SMILES string of the molecule is FC(F)(F)c1ccc(C2Cc3nnnn3-c3ccsc32)cc1. The Kier molecular flexibility index (Phi) is 2.83. The molecule has 0 radical (unpaired) electrons. The molecule has 1 aliphatic rings. The zero-order valence-electron chi connectivity index (χ0n) is 11.1. The van der Waals surface area contributed by atoms with Crippen molar-refractivity contribution in [3.8, 4) is 5.69 Å². The Balaban J connectivity index is 1.76. The summed E-state index contributed by atoms with van der Waals surface area (Å²) in [5, 5.41) is 13.6. The smallest absolute Gasteiger partial charge is 0.196 e. The molecule has 8 heteroatoms. The third-order valence-electron chi connectivity index (χ3n) is 3.78. The number of benzene rings is 1. The van der Waals surface area contributed by atoms with E-state index in [-0.39, 0.29) is 5.92 Å². The van der Waals surface area contributed by atoms with Crippen molar-refractivity contribution in [2.45, 2.75) is 18.5 Å². The first-order valence-electron chi connectivity index (χ1n) is 6.56. The molecule has 4 nitrogen and oxygen atoms in total. The zero-order valence-corrected chi connectivity index (χ0v) is 11.9. The Morgan fingerprint density at radius 1 is 1.14 bits per heavy atom. The molecule has 3 heterocycles. The summed E-state index contributed by atoms with van der Waals surface area (Å²) in [7, 11) is 0. The van der Waals surface area contributed by atoms with Crippen LogP contribution in [-0.4, -0.2) is 20.2 Å². The molecule has 22 heavy (non-hydrogen) atoms. The minimum atomic E-state index is -4.32. The molecule has 1 atom stereocenters. The van der Waals surface area contributed by atoms with Crippen LogP contribution < -0.4 is 0 Å². The molecule has 0 saturated carbocycles. The van der Waals surface area contributed by atoms with Crippen molar-refractivity contribution in [2.24, 2.45) is 0 Å². The van der Waals surface area contributed by atoms with E-state index in [2.05, 4.69) is 15.5 Å². The summed E-state index contributed by atoms with van der Waals surface area (Å²) in [5.74, 6) is 0.701. The van der Waals surface area contributed by atoms with Crippen molar-refractivity contribution in [1.29, 1.82) is 0 Å². The van der Waals surface area contributed by atoms with Gasteiger partial charge in [-0.1, -0.05) is 12.1 Å². The maximum Gasteiger partial charge on any atom is 0.416 e. The summed E-state index contributed by atoms with van der Waals surface area (Å²) < 4.78 is 39.7. The standard InChI is InChI=1S/C14H9F3N4S/c15-14(16,17)9-3-1-8(2-4-9)10-7-12-18-19-20-21(12)11-5-6-22-13(10)11/h1-6,10H,7H2. The summed E-state index contributed by atoms with van der Waals surface area (Å²) in [6, 6.07) is 7.25. The van der Waals surface area contributed by atoms with Crippen LogP contribution in [0.2, 0.25) is 0 Å². The summed E-state index contributed by atoms with van der Waals surface area (Å²) in [6.45, 7) is 0. The van der Waals surface area contributed by atoms with E-state index in [1.54, 1.807) is 16.0 Å². The van der Waals surface area contributed by atoms with Crippen LogP contribution in [0.15, 0.2) is 35.7 Å². The van der Waals surface area contributed by atoms with Crippen LogP contribution in [0.1, 0.15) is 27.7 Å². The van der Waals surface area contributed by atoms with E-state index in [9.17, 15) is 13.2 Å².